The van der Waals surface area contributed by atoms with Crippen molar-refractivity contribution in [1.29, 1.82) is 0 Å². The molecule has 0 unspecified atom stereocenters. The van der Waals surface area contributed by atoms with Crippen molar-refractivity contribution >= 4 is 119 Å². The highest BCUT2D eigenvalue weighted by Gasteiger charge is 2.24. The third kappa shape index (κ3) is 10.8. The molecule has 3 aromatic heterocycles. The largest absolute Gasteiger partial charge is 0.243 e. The van der Waals surface area contributed by atoms with Crippen LogP contribution >= 0.6 is 0 Å². The summed E-state index contributed by atoms with van der Waals surface area (Å²) < 4.78 is 6.78. The first-order valence-corrected chi connectivity index (χ1v) is 30.3. The Bertz CT molecular complexity index is 4430. The first-order chi connectivity index (χ1) is 40.3. The minimum absolute atomic E-state index is 1.02. The second kappa shape index (κ2) is 27.7. The van der Waals surface area contributed by atoms with Gasteiger partial charge in [-0.05, 0) is 114 Å². The third-order valence-corrected chi connectivity index (χ3v) is 15.4. The monoisotopic (exact) mass is 1080 g/mol. The fraction of sp³-hybridized carbons (Fsp3) is 0.231. The molecule has 0 saturated heterocycles. The van der Waals surface area contributed by atoms with E-state index in [2.05, 4.69) is 243 Å². The normalized spacial score (nSPS) is 10.6. The van der Waals surface area contributed by atoms with E-state index in [-0.39, 0.29) is 0 Å². The zero-order valence-electron chi connectivity index (χ0n) is 52.3. The van der Waals surface area contributed by atoms with Crippen molar-refractivity contribution in [3.05, 3.63) is 217 Å². The summed E-state index contributed by atoms with van der Waals surface area (Å²) in [5.41, 5.74) is 11.2. The maximum absolute atomic E-state index is 4.62. The Morgan fingerprint density at radius 1 is 0.305 bits per heavy atom. The molecule has 4 nitrogen and oxygen atoms in total. The molecule has 0 bridgehead atoms. The van der Waals surface area contributed by atoms with Gasteiger partial charge >= 0.3 is 0 Å². The van der Waals surface area contributed by atoms with Crippen LogP contribution in [0.1, 0.15) is 99.8 Å². The van der Waals surface area contributed by atoms with Crippen LogP contribution in [-0.4, -0.2) is 4.98 Å². The molecule has 0 atom stereocenters. The van der Waals surface area contributed by atoms with Crippen molar-refractivity contribution < 1.29 is 13.7 Å². The fourth-order valence-corrected chi connectivity index (χ4v) is 12.0. The van der Waals surface area contributed by atoms with Crippen molar-refractivity contribution in [2.45, 2.75) is 104 Å². The van der Waals surface area contributed by atoms with E-state index >= 15 is 0 Å². The number of hydrogen-bond donors (Lipinski definition) is 0. The molecule has 0 spiro atoms. The average Bonchev–Trinajstić information content (AvgIpc) is 3.53. The van der Waals surface area contributed by atoms with Gasteiger partial charge in [-0.3, -0.25) is 0 Å². The van der Waals surface area contributed by atoms with E-state index in [1.165, 1.54) is 130 Å². The van der Waals surface area contributed by atoms with Crippen LogP contribution in [0.4, 0.5) is 0 Å². The Balaban J connectivity index is 0.000000163. The van der Waals surface area contributed by atoms with Crippen LogP contribution in [-0.2, 0) is 21.1 Å². The van der Waals surface area contributed by atoms with Gasteiger partial charge in [0.2, 0.25) is 22.2 Å². The molecule has 0 aliphatic carbocycles. The lowest BCUT2D eigenvalue weighted by molar-refractivity contribution is -0.644. The number of benzene rings is 12. The van der Waals surface area contributed by atoms with Gasteiger partial charge in [0.25, 0.3) is 0 Å². The highest BCUT2D eigenvalue weighted by Crippen LogP contribution is 2.44. The molecule has 82 heavy (non-hydrogen) atoms. The standard InChI is InChI=1S/C25H18N.C21H16N.C20H17N2.6C2H6/c1-15-17-8-3-4-9-18(17)19-11-6-12-21-20-10-5-7-16-13-14-26(2)25(23(16)20)22(15)24(19)21;1-13-9-10-14-5-3-7-16-17-8-4-6-15-11-12-22(2)21(20(15)17)18(13)19(14)16;1-14-16-8-4-3-7-15(16)11-12-17(14)20-13-21-18-9-5-6-10-19(18)22(20)2;6*1-2/h3-14H,1-2H3;3-12H,1-2H3;3-13H,1-2H3;6*1-2H3/q3*+1;;;;;;. The summed E-state index contributed by atoms with van der Waals surface area (Å²) in [6.45, 7) is 30.7. The van der Waals surface area contributed by atoms with Crippen molar-refractivity contribution in [2.75, 3.05) is 0 Å². The zero-order chi connectivity index (χ0) is 59.4. The molecular weight excluding hydrogens is 993 g/mol. The first-order valence-electron chi connectivity index (χ1n) is 30.3. The van der Waals surface area contributed by atoms with Crippen molar-refractivity contribution in [1.82, 2.24) is 4.98 Å². The quantitative estimate of drug-likeness (QED) is 0.0913. The Hall–Kier alpha value is -8.60. The van der Waals surface area contributed by atoms with Crippen LogP contribution in [0.25, 0.3) is 130 Å². The van der Waals surface area contributed by atoms with Gasteiger partial charge < -0.3 is 0 Å². The van der Waals surface area contributed by atoms with Gasteiger partial charge in [0.15, 0.2) is 12.4 Å². The fourth-order valence-electron chi connectivity index (χ4n) is 12.0. The summed E-state index contributed by atoms with van der Waals surface area (Å²) in [5.74, 6) is 0. The summed E-state index contributed by atoms with van der Waals surface area (Å²) in [7, 11) is 6.42. The second-order valence-electron chi connectivity index (χ2n) is 19.2. The summed E-state index contributed by atoms with van der Waals surface area (Å²) in [6.07, 6.45) is 6.34. The van der Waals surface area contributed by atoms with Crippen LogP contribution in [0.5, 0.6) is 0 Å². The third-order valence-electron chi connectivity index (χ3n) is 15.4. The van der Waals surface area contributed by atoms with E-state index < -0.39 is 0 Å². The highest BCUT2D eigenvalue weighted by atomic mass is 15.0. The number of pyridine rings is 2. The summed E-state index contributed by atoms with van der Waals surface area (Å²) in [6, 6.07) is 65.6. The van der Waals surface area contributed by atoms with E-state index in [4.69, 9.17) is 0 Å². The predicted molar refractivity (Wildman–Crippen MR) is 363 cm³/mol. The van der Waals surface area contributed by atoms with Crippen LogP contribution in [0.2, 0.25) is 0 Å². The second-order valence-corrected chi connectivity index (χ2v) is 19.2. The zero-order valence-corrected chi connectivity index (χ0v) is 52.3. The average molecular weight is 1080 g/mol. The van der Waals surface area contributed by atoms with Crippen LogP contribution in [0.3, 0.4) is 0 Å². The molecular formula is C78H87N4+3. The number of aromatic nitrogens is 4. The molecule has 0 fully saturated rings. The molecule has 0 aliphatic rings. The minimum atomic E-state index is 1.02. The molecule has 12 aromatic carbocycles. The number of para-hydroxylation sites is 2. The van der Waals surface area contributed by atoms with E-state index in [1.54, 1.807) is 0 Å². The lowest BCUT2D eigenvalue weighted by Gasteiger charge is -2.16. The molecule has 15 rings (SSSR count). The molecule has 0 radical (unpaired) electrons. The Kier molecular flexibility index (Phi) is 20.6. The van der Waals surface area contributed by atoms with Crippen molar-refractivity contribution in [2.24, 2.45) is 21.1 Å². The van der Waals surface area contributed by atoms with Crippen LogP contribution in [0, 0.1) is 20.8 Å². The van der Waals surface area contributed by atoms with Gasteiger partial charge in [0.05, 0.1) is 27.1 Å². The molecule has 4 heteroatoms. The van der Waals surface area contributed by atoms with Gasteiger partial charge in [-0.2, -0.15) is 4.57 Å². The lowest BCUT2D eigenvalue weighted by atomic mass is 9.87. The number of aryl methyl sites for hydroxylation is 6. The van der Waals surface area contributed by atoms with E-state index in [1.807, 2.05) is 101 Å². The molecule has 0 amide bonds. The van der Waals surface area contributed by atoms with E-state index in [9.17, 15) is 0 Å². The number of nitrogens with zero attached hydrogens (tertiary/aromatic N) is 4. The van der Waals surface area contributed by atoms with E-state index in [0.717, 1.165) is 16.7 Å². The van der Waals surface area contributed by atoms with Crippen molar-refractivity contribution in [3.8, 4) is 11.3 Å². The molecule has 416 valence electrons. The van der Waals surface area contributed by atoms with E-state index in [0.29, 0.717) is 0 Å². The van der Waals surface area contributed by atoms with Gasteiger partial charge in [-0.25, -0.2) is 14.1 Å². The highest BCUT2D eigenvalue weighted by molar-refractivity contribution is 6.36. The topological polar surface area (TPSA) is 24.5 Å². The van der Waals surface area contributed by atoms with Gasteiger partial charge in [-0.15, -0.1) is 0 Å². The summed E-state index contributed by atoms with van der Waals surface area (Å²) >= 11 is 0. The molecule has 15 aromatic rings. The molecule has 0 aliphatic heterocycles. The molecule has 3 heterocycles. The van der Waals surface area contributed by atoms with Crippen molar-refractivity contribution in [3.63, 3.8) is 0 Å². The summed E-state index contributed by atoms with van der Waals surface area (Å²) in [5, 5.41) is 24.3. The van der Waals surface area contributed by atoms with Crippen LogP contribution in [0.15, 0.2) is 201 Å². The maximum atomic E-state index is 4.62. The Labute approximate surface area is 488 Å². The maximum Gasteiger partial charge on any atom is 0.231 e. The molecule has 0 saturated carbocycles. The molecule has 0 N–H and O–H groups in total. The number of rotatable bonds is 1. The number of hydrogen-bond acceptors (Lipinski definition) is 1. The summed E-state index contributed by atoms with van der Waals surface area (Å²) in [4.78, 5) is 4.62. The number of fused-ring (bicyclic) bond motifs is 8. The Morgan fingerprint density at radius 2 is 0.720 bits per heavy atom. The first kappa shape index (κ1) is 61.0. The Morgan fingerprint density at radius 3 is 1.30 bits per heavy atom. The smallest absolute Gasteiger partial charge is 0.231 e. The minimum Gasteiger partial charge on any atom is -0.243 e. The van der Waals surface area contributed by atoms with Gasteiger partial charge in [-0.1, -0.05) is 235 Å². The van der Waals surface area contributed by atoms with Gasteiger partial charge in [0.1, 0.15) is 32.9 Å². The SMILES string of the molecule is CC.CC.CC.CC.CC.CC.Cc1c(-c2cnc3ccccc3[n+]2C)ccc2ccccc12.Cc1c2ccccc2c2cccc3c4cccc5cc[n+](C)c(c1c23)c54.Cc1ccc2cccc3c4cccc5cc[n+](C)c(c1c23)c54. The van der Waals surface area contributed by atoms with Gasteiger partial charge in [0, 0.05) is 29.0 Å². The predicted octanol–water partition coefficient (Wildman–Crippen LogP) is 21.2. The van der Waals surface area contributed by atoms with Crippen LogP contribution < -0.4 is 13.7 Å². The lowest BCUT2D eigenvalue weighted by Crippen LogP contribution is -2.32.